The lowest BCUT2D eigenvalue weighted by atomic mass is 10.2. The van der Waals surface area contributed by atoms with Crippen molar-refractivity contribution in [2.24, 2.45) is 0 Å². The topological polar surface area (TPSA) is 60.8 Å². The van der Waals surface area contributed by atoms with Crippen LogP contribution in [0.4, 0.5) is 0 Å². The molecule has 0 bridgehead atoms. The van der Waals surface area contributed by atoms with Crippen molar-refractivity contribution in [1.82, 2.24) is 19.9 Å². The summed E-state index contributed by atoms with van der Waals surface area (Å²) in [5, 5.41) is 1.55. The molecule has 0 aliphatic carbocycles. The fourth-order valence-electron chi connectivity index (χ4n) is 1.92. The lowest BCUT2D eigenvalue weighted by Crippen LogP contribution is -2.00. The number of fused-ring (bicyclic) bond motifs is 1. The lowest BCUT2D eigenvalue weighted by molar-refractivity contribution is 0.178. The maximum absolute atomic E-state index is 6.14. The molecule has 0 radical (unpaired) electrons. The molecule has 21 heavy (non-hydrogen) atoms. The van der Waals surface area contributed by atoms with E-state index in [9.17, 15) is 0 Å². The van der Waals surface area contributed by atoms with E-state index in [0.717, 1.165) is 0 Å². The molecule has 3 aromatic heterocycles. The van der Waals surface area contributed by atoms with Gasteiger partial charge in [-0.3, -0.25) is 4.98 Å². The van der Waals surface area contributed by atoms with Crippen molar-refractivity contribution < 1.29 is 4.74 Å². The molecule has 106 valence electrons. The van der Waals surface area contributed by atoms with Crippen molar-refractivity contribution in [1.29, 1.82) is 0 Å². The number of rotatable bonds is 3. The van der Waals surface area contributed by atoms with E-state index in [1.54, 1.807) is 31.5 Å². The number of methoxy groups -OCH3 is 1. The van der Waals surface area contributed by atoms with Gasteiger partial charge in [0.1, 0.15) is 17.5 Å². The molecule has 0 saturated heterocycles. The number of hydrogen-bond acceptors (Lipinski definition) is 5. The smallest absolute Gasteiger partial charge is 0.165 e. The van der Waals surface area contributed by atoms with Gasteiger partial charge in [-0.2, -0.15) is 0 Å². The molecule has 0 unspecified atom stereocenters. The SMILES string of the molecule is COCc1nc(Cl)c2ccc(-c3ncccc3Cl)nc2n1. The van der Waals surface area contributed by atoms with Gasteiger partial charge >= 0.3 is 0 Å². The second-order valence-corrected chi connectivity index (χ2v) is 5.03. The summed E-state index contributed by atoms with van der Waals surface area (Å²) in [7, 11) is 1.57. The molecule has 0 atom stereocenters. The van der Waals surface area contributed by atoms with Gasteiger partial charge in [-0.1, -0.05) is 23.2 Å². The second-order valence-electron chi connectivity index (χ2n) is 4.27. The first kappa shape index (κ1) is 14.1. The van der Waals surface area contributed by atoms with Crippen molar-refractivity contribution in [2.75, 3.05) is 7.11 Å². The normalized spacial score (nSPS) is 11.0. The van der Waals surface area contributed by atoms with Crippen molar-refractivity contribution in [3.63, 3.8) is 0 Å². The number of halogens is 2. The highest BCUT2D eigenvalue weighted by molar-refractivity contribution is 6.34. The minimum absolute atomic E-state index is 0.270. The Morgan fingerprint density at radius 2 is 1.95 bits per heavy atom. The van der Waals surface area contributed by atoms with E-state index in [4.69, 9.17) is 27.9 Å². The van der Waals surface area contributed by atoms with Crippen LogP contribution in [0.5, 0.6) is 0 Å². The zero-order chi connectivity index (χ0) is 14.8. The molecule has 7 heteroatoms. The molecule has 0 N–H and O–H groups in total. The van der Waals surface area contributed by atoms with Crippen LogP contribution < -0.4 is 0 Å². The summed E-state index contributed by atoms with van der Waals surface area (Å²) in [5.74, 6) is 0.478. The van der Waals surface area contributed by atoms with Gasteiger partial charge in [0.15, 0.2) is 11.5 Å². The molecule has 0 aromatic carbocycles. The third-order valence-electron chi connectivity index (χ3n) is 2.83. The second kappa shape index (κ2) is 5.89. The number of nitrogens with zero attached hydrogens (tertiary/aromatic N) is 4. The number of hydrogen-bond donors (Lipinski definition) is 0. The minimum Gasteiger partial charge on any atom is -0.377 e. The number of aromatic nitrogens is 4. The molecular weight excluding hydrogens is 311 g/mol. The summed E-state index contributed by atoms with van der Waals surface area (Å²) in [6.45, 7) is 0.270. The van der Waals surface area contributed by atoms with E-state index in [1.807, 2.05) is 6.07 Å². The third-order valence-corrected chi connectivity index (χ3v) is 3.43. The average molecular weight is 321 g/mol. The van der Waals surface area contributed by atoms with Crippen molar-refractivity contribution in [2.45, 2.75) is 6.61 Å². The van der Waals surface area contributed by atoms with Gasteiger partial charge in [-0.05, 0) is 24.3 Å². The number of pyridine rings is 2. The highest BCUT2D eigenvalue weighted by Gasteiger charge is 2.11. The molecule has 5 nitrogen and oxygen atoms in total. The zero-order valence-corrected chi connectivity index (χ0v) is 12.6. The van der Waals surface area contributed by atoms with E-state index in [1.165, 1.54) is 0 Å². The number of ether oxygens (including phenoxy) is 1. The Balaban J connectivity index is 2.17. The molecule has 3 heterocycles. The molecule has 0 amide bonds. The van der Waals surface area contributed by atoms with Gasteiger partial charge in [0.2, 0.25) is 0 Å². The first-order valence-corrected chi connectivity index (χ1v) is 6.87. The summed E-state index contributed by atoms with van der Waals surface area (Å²) in [4.78, 5) is 17.2. The van der Waals surface area contributed by atoms with E-state index in [2.05, 4.69) is 19.9 Å². The summed E-state index contributed by atoms with van der Waals surface area (Å²) in [5.41, 5.74) is 1.72. The minimum atomic E-state index is 0.270. The summed E-state index contributed by atoms with van der Waals surface area (Å²) < 4.78 is 5.02. The molecular formula is C14H10Cl2N4O. The van der Waals surface area contributed by atoms with E-state index < -0.39 is 0 Å². The Bertz CT molecular complexity index is 810. The van der Waals surface area contributed by atoms with Crippen molar-refractivity contribution in [3.05, 3.63) is 46.5 Å². The first-order valence-electron chi connectivity index (χ1n) is 6.12. The predicted molar refractivity (Wildman–Crippen MR) is 81.3 cm³/mol. The van der Waals surface area contributed by atoms with Gasteiger partial charge < -0.3 is 4.74 Å². The van der Waals surface area contributed by atoms with E-state index >= 15 is 0 Å². The van der Waals surface area contributed by atoms with Crippen molar-refractivity contribution in [3.8, 4) is 11.4 Å². The Morgan fingerprint density at radius 1 is 1.10 bits per heavy atom. The summed E-state index contributed by atoms with van der Waals surface area (Å²) >= 11 is 12.3. The van der Waals surface area contributed by atoms with Gasteiger partial charge in [0.25, 0.3) is 0 Å². The standard InChI is InChI=1S/C14H10Cl2N4O/c1-21-7-11-19-13(16)8-4-5-10(18-14(8)20-11)12-9(15)3-2-6-17-12/h2-6H,7H2,1H3. The Morgan fingerprint density at radius 3 is 2.71 bits per heavy atom. The van der Waals surface area contributed by atoms with Gasteiger partial charge in [-0.25, -0.2) is 15.0 Å². The maximum Gasteiger partial charge on any atom is 0.165 e. The maximum atomic E-state index is 6.14. The average Bonchev–Trinajstić information content (AvgIpc) is 2.47. The molecule has 0 saturated carbocycles. The molecule has 0 spiro atoms. The van der Waals surface area contributed by atoms with Gasteiger partial charge in [0, 0.05) is 13.3 Å². The fourth-order valence-corrected chi connectivity index (χ4v) is 2.38. The molecule has 3 aromatic rings. The van der Waals surface area contributed by atoms with Crippen molar-refractivity contribution >= 4 is 34.2 Å². The van der Waals surface area contributed by atoms with E-state index in [0.29, 0.717) is 38.4 Å². The molecule has 0 aliphatic rings. The van der Waals surface area contributed by atoms with Crippen LogP contribution in [0.1, 0.15) is 5.82 Å². The molecule has 3 rings (SSSR count). The van der Waals surface area contributed by atoms with Crippen LogP contribution in [0.25, 0.3) is 22.4 Å². The summed E-state index contributed by atoms with van der Waals surface area (Å²) in [6.07, 6.45) is 1.66. The molecule has 0 fully saturated rings. The lowest BCUT2D eigenvalue weighted by Gasteiger charge is -2.06. The fraction of sp³-hybridized carbons (Fsp3) is 0.143. The summed E-state index contributed by atoms with van der Waals surface area (Å²) in [6, 6.07) is 7.13. The van der Waals surface area contributed by atoms with E-state index in [-0.39, 0.29) is 6.61 Å². The van der Waals surface area contributed by atoms with Gasteiger partial charge in [0.05, 0.1) is 16.1 Å². The monoisotopic (exact) mass is 320 g/mol. The Labute approximate surface area is 130 Å². The first-order chi connectivity index (χ1) is 10.2. The third kappa shape index (κ3) is 2.81. The van der Waals surface area contributed by atoms with Crippen LogP contribution in [0, 0.1) is 0 Å². The quantitative estimate of drug-likeness (QED) is 0.691. The van der Waals surface area contributed by atoms with Crippen LogP contribution in [0.2, 0.25) is 10.2 Å². The molecule has 0 aliphatic heterocycles. The Kier molecular flexibility index (Phi) is 3.96. The highest BCUT2D eigenvalue weighted by Crippen LogP contribution is 2.27. The van der Waals surface area contributed by atoms with Crippen LogP contribution in [-0.4, -0.2) is 27.0 Å². The Hall–Kier alpha value is -1.82. The van der Waals surface area contributed by atoms with Crippen LogP contribution >= 0.6 is 23.2 Å². The van der Waals surface area contributed by atoms with Crippen LogP contribution in [0.3, 0.4) is 0 Å². The van der Waals surface area contributed by atoms with Gasteiger partial charge in [-0.15, -0.1) is 0 Å². The zero-order valence-electron chi connectivity index (χ0n) is 11.0. The predicted octanol–water partition coefficient (Wildman–Crippen LogP) is 3.54. The highest BCUT2D eigenvalue weighted by atomic mass is 35.5. The van der Waals surface area contributed by atoms with Crippen LogP contribution in [-0.2, 0) is 11.3 Å². The van der Waals surface area contributed by atoms with Crippen LogP contribution in [0.15, 0.2) is 30.5 Å². The largest absolute Gasteiger partial charge is 0.377 e.